The molecule has 0 aliphatic carbocycles. The maximum Gasteiger partial charge on any atom is 0.227 e. The monoisotopic (exact) mass is 172 g/mol. The highest BCUT2D eigenvalue weighted by atomic mass is 16.3. The van der Waals surface area contributed by atoms with E-state index in [9.17, 15) is 4.79 Å². The fraction of sp³-hybridized carbons (Fsp3) is 0.875. The van der Waals surface area contributed by atoms with Crippen LogP contribution in [-0.4, -0.2) is 42.2 Å². The molecule has 1 rings (SSSR count). The fourth-order valence-electron chi connectivity index (χ4n) is 1.58. The Morgan fingerprint density at radius 2 is 2.42 bits per heavy atom. The standard InChI is InChI=1S/C8H16N2O2/c9-6-7-2-1-3-10(4-5-11)8(7)12/h7,11H,1-6,9H2. The summed E-state index contributed by atoms with van der Waals surface area (Å²) >= 11 is 0. The van der Waals surface area contributed by atoms with Gasteiger partial charge in [-0.05, 0) is 12.8 Å². The maximum atomic E-state index is 11.5. The van der Waals surface area contributed by atoms with Crippen LogP contribution in [0.1, 0.15) is 12.8 Å². The molecule has 0 saturated carbocycles. The smallest absolute Gasteiger partial charge is 0.227 e. The molecule has 0 bridgehead atoms. The lowest BCUT2D eigenvalue weighted by atomic mass is 9.97. The summed E-state index contributed by atoms with van der Waals surface area (Å²) in [5.74, 6) is 0.100. The maximum absolute atomic E-state index is 11.5. The second-order valence-electron chi connectivity index (χ2n) is 3.12. The first-order chi connectivity index (χ1) is 5.79. The minimum Gasteiger partial charge on any atom is -0.395 e. The van der Waals surface area contributed by atoms with Crippen LogP contribution in [0.3, 0.4) is 0 Å². The third-order valence-corrected chi connectivity index (χ3v) is 2.30. The van der Waals surface area contributed by atoms with Crippen molar-refractivity contribution >= 4 is 5.91 Å². The van der Waals surface area contributed by atoms with E-state index in [1.54, 1.807) is 4.90 Å². The summed E-state index contributed by atoms with van der Waals surface area (Å²) in [4.78, 5) is 13.2. The van der Waals surface area contributed by atoms with E-state index in [1.807, 2.05) is 0 Å². The summed E-state index contributed by atoms with van der Waals surface area (Å²) in [5.41, 5.74) is 5.44. The summed E-state index contributed by atoms with van der Waals surface area (Å²) in [6, 6.07) is 0. The van der Waals surface area contributed by atoms with Gasteiger partial charge in [-0.25, -0.2) is 0 Å². The molecule has 1 heterocycles. The predicted octanol–water partition coefficient (Wildman–Crippen LogP) is -0.824. The molecule has 1 unspecified atom stereocenters. The lowest BCUT2D eigenvalue weighted by Crippen LogP contribution is -2.44. The van der Waals surface area contributed by atoms with E-state index in [2.05, 4.69) is 0 Å². The van der Waals surface area contributed by atoms with Crippen LogP contribution in [0, 0.1) is 5.92 Å². The van der Waals surface area contributed by atoms with Gasteiger partial charge in [0.2, 0.25) is 5.91 Å². The molecular formula is C8H16N2O2. The molecule has 12 heavy (non-hydrogen) atoms. The van der Waals surface area contributed by atoms with E-state index in [0.29, 0.717) is 13.1 Å². The molecule has 1 atom stereocenters. The Balaban J connectivity index is 2.47. The van der Waals surface area contributed by atoms with Gasteiger partial charge in [0.05, 0.1) is 12.5 Å². The fourth-order valence-corrected chi connectivity index (χ4v) is 1.58. The largest absolute Gasteiger partial charge is 0.395 e. The van der Waals surface area contributed by atoms with Gasteiger partial charge in [0.25, 0.3) is 0 Å². The minimum absolute atomic E-state index is 0.00898. The number of β-amino-alcohol motifs (C(OH)–C–C–N with tert-alkyl or cyclic N) is 1. The van der Waals surface area contributed by atoms with Gasteiger partial charge in [0, 0.05) is 19.6 Å². The molecule has 1 aliphatic rings. The first-order valence-corrected chi connectivity index (χ1v) is 4.39. The molecule has 4 nitrogen and oxygen atoms in total. The third kappa shape index (κ3) is 1.95. The van der Waals surface area contributed by atoms with Crippen molar-refractivity contribution in [3.63, 3.8) is 0 Å². The van der Waals surface area contributed by atoms with E-state index in [4.69, 9.17) is 10.8 Å². The van der Waals surface area contributed by atoms with Gasteiger partial charge in [0.15, 0.2) is 0 Å². The molecule has 1 amide bonds. The molecule has 4 heteroatoms. The highest BCUT2D eigenvalue weighted by Crippen LogP contribution is 2.16. The van der Waals surface area contributed by atoms with Crippen LogP contribution in [0.25, 0.3) is 0 Å². The zero-order valence-corrected chi connectivity index (χ0v) is 7.20. The van der Waals surface area contributed by atoms with Crippen molar-refractivity contribution in [2.24, 2.45) is 11.7 Å². The topological polar surface area (TPSA) is 66.6 Å². The molecule has 1 aliphatic heterocycles. The Labute approximate surface area is 72.3 Å². The summed E-state index contributed by atoms with van der Waals surface area (Å²) in [7, 11) is 0. The quantitative estimate of drug-likeness (QED) is 0.584. The van der Waals surface area contributed by atoms with Crippen LogP contribution in [0.2, 0.25) is 0 Å². The van der Waals surface area contributed by atoms with E-state index >= 15 is 0 Å². The van der Waals surface area contributed by atoms with Gasteiger partial charge in [-0.1, -0.05) is 0 Å². The number of hydrogen-bond acceptors (Lipinski definition) is 3. The molecule has 1 fully saturated rings. The van der Waals surface area contributed by atoms with Crippen LogP contribution in [0.5, 0.6) is 0 Å². The van der Waals surface area contributed by atoms with Crippen molar-refractivity contribution in [3.05, 3.63) is 0 Å². The number of piperidine rings is 1. The van der Waals surface area contributed by atoms with Crippen molar-refractivity contribution in [2.75, 3.05) is 26.2 Å². The van der Waals surface area contributed by atoms with Crippen LogP contribution in [0.4, 0.5) is 0 Å². The number of aliphatic hydroxyl groups is 1. The van der Waals surface area contributed by atoms with Crippen molar-refractivity contribution in [1.82, 2.24) is 4.90 Å². The zero-order valence-electron chi connectivity index (χ0n) is 7.20. The number of rotatable bonds is 3. The van der Waals surface area contributed by atoms with Crippen LogP contribution in [-0.2, 0) is 4.79 Å². The van der Waals surface area contributed by atoms with Gasteiger partial charge < -0.3 is 15.7 Å². The Hall–Kier alpha value is -0.610. The number of amides is 1. The van der Waals surface area contributed by atoms with E-state index in [-0.39, 0.29) is 18.4 Å². The van der Waals surface area contributed by atoms with Crippen molar-refractivity contribution in [1.29, 1.82) is 0 Å². The molecular weight excluding hydrogens is 156 g/mol. The predicted molar refractivity (Wildman–Crippen MR) is 45.4 cm³/mol. The number of likely N-dealkylation sites (tertiary alicyclic amines) is 1. The minimum atomic E-state index is -0.00898. The number of aliphatic hydroxyl groups excluding tert-OH is 1. The SMILES string of the molecule is NCC1CCCN(CCO)C1=O. The molecule has 0 aromatic carbocycles. The third-order valence-electron chi connectivity index (χ3n) is 2.30. The number of nitrogens with zero attached hydrogens (tertiary/aromatic N) is 1. The Morgan fingerprint density at radius 3 is 3.00 bits per heavy atom. The average Bonchev–Trinajstić information content (AvgIpc) is 2.09. The second-order valence-corrected chi connectivity index (χ2v) is 3.12. The first-order valence-electron chi connectivity index (χ1n) is 4.39. The normalized spacial score (nSPS) is 24.7. The molecule has 3 N–H and O–H groups in total. The molecule has 1 saturated heterocycles. The van der Waals surface area contributed by atoms with Crippen LogP contribution < -0.4 is 5.73 Å². The van der Waals surface area contributed by atoms with Crippen molar-refractivity contribution < 1.29 is 9.90 Å². The number of carbonyl (C=O) groups excluding carboxylic acids is 1. The van der Waals surface area contributed by atoms with Gasteiger partial charge in [-0.15, -0.1) is 0 Å². The molecule has 0 aromatic heterocycles. The first kappa shape index (κ1) is 9.48. The summed E-state index contributed by atoms with van der Waals surface area (Å²) in [6.07, 6.45) is 1.91. The van der Waals surface area contributed by atoms with Gasteiger partial charge in [-0.2, -0.15) is 0 Å². The van der Waals surface area contributed by atoms with E-state index < -0.39 is 0 Å². The summed E-state index contributed by atoms with van der Waals surface area (Å²) < 4.78 is 0. The molecule has 0 spiro atoms. The molecule has 0 radical (unpaired) electrons. The Kier molecular flexibility index (Phi) is 3.49. The van der Waals surface area contributed by atoms with Gasteiger partial charge in [-0.3, -0.25) is 4.79 Å². The lowest BCUT2D eigenvalue weighted by Gasteiger charge is -2.31. The summed E-state index contributed by atoms with van der Waals surface area (Å²) in [6.45, 7) is 1.70. The van der Waals surface area contributed by atoms with E-state index in [1.165, 1.54) is 0 Å². The Morgan fingerprint density at radius 1 is 1.67 bits per heavy atom. The van der Waals surface area contributed by atoms with E-state index in [0.717, 1.165) is 19.4 Å². The highest BCUT2D eigenvalue weighted by molar-refractivity contribution is 5.79. The van der Waals surface area contributed by atoms with Crippen molar-refractivity contribution in [3.8, 4) is 0 Å². The Bertz CT molecular complexity index is 159. The second kappa shape index (κ2) is 4.42. The van der Waals surface area contributed by atoms with Gasteiger partial charge in [0.1, 0.15) is 0 Å². The number of carbonyl (C=O) groups is 1. The number of nitrogens with two attached hydrogens (primary N) is 1. The molecule has 70 valence electrons. The highest BCUT2D eigenvalue weighted by Gasteiger charge is 2.26. The zero-order chi connectivity index (χ0) is 8.97. The van der Waals surface area contributed by atoms with Crippen LogP contribution in [0.15, 0.2) is 0 Å². The van der Waals surface area contributed by atoms with Crippen LogP contribution >= 0.6 is 0 Å². The number of hydrogen-bond donors (Lipinski definition) is 2. The van der Waals surface area contributed by atoms with Crippen molar-refractivity contribution in [2.45, 2.75) is 12.8 Å². The van der Waals surface area contributed by atoms with Gasteiger partial charge >= 0.3 is 0 Å². The molecule has 0 aromatic rings. The average molecular weight is 172 g/mol. The lowest BCUT2D eigenvalue weighted by molar-refractivity contribution is -0.138. The summed E-state index contributed by atoms with van der Waals surface area (Å²) in [5, 5.41) is 8.67.